The van der Waals surface area contributed by atoms with Crippen molar-refractivity contribution in [1.82, 2.24) is 19.6 Å². The molecule has 1 aromatic carbocycles. The third-order valence-corrected chi connectivity index (χ3v) is 7.08. The molecule has 3 aliphatic heterocycles. The number of nitriles is 1. The average molecular weight is 500 g/mol. The molecule has 12 heteroatoms. The van der Waals surface area contributed by atoms with Gasteiger partial charge in [-0.1, -0.05) is 20.8 Å². The topological polar surface area (TPSA) is 103 Å². The maximum atomic E-state index is 13.5. The lowest BCUT2D eigenvalue weighted by Crippen LogP contribution is -2.55. The number of alkyl halides is 3. The number of urea groups is 1. The van der Waals surface area contributed by atoms with Crippen LogP contribution in [0.5, 0.6) is 0 Å². The van der Waals surface area contributed by atoms with Crippen LogP contribution in [-0.4, -0.2) is 62.1 Å². The fraction of sp³-hybridized carbons (Fsp3) is 0.458. The van der Waals surface area contributed by atoms with E-state index in [0.717, 1.165) is 22.7 Å². The molecule has 3 atom stereocenters. The summed E-state index contributed by atoms with van der Waals surface area (Å²) in [4.78, 5) is 43.6. The summed E-state index contributed by atoms with van der Waals surface area (Å²) in [6.07, 6.45) is -4.42. The van der Waals surface area contributed by atoms with Crippen LogP contribution in [0.3, 0.4) is 0 Å². The van der Waals surface area contributed by atoms with Gasteiger partial charge in [-0.05, 0) is 30.7 Å². The number of imide groups is 1. The minimum Gasteiger partial charge on any atom is -0.330 e. The van der Waals surface area contributed by atoms with Crippen LogP contribution in [0, 0.1) is 11.3 Å². The number of aryl methyl sites for hydroxylation is 1. The molecule has 0 aliphatic carbocycles. The molecule has 4 amide bonds. The average Bonchev–Trinajstić information content (AvgIpc) is 3.54. The number of likely N-dealkylation sites (tertiary alicyclic amines) is 1. The summed E-state index contributed by atoms with van der Waals surface area (Å²) >= 11 is 0. The van der Waals surface area contributed by atoms with Gasteiger partial charge in [0.2, 0.25) is 0 Å². The normalized spacial score (nSPS) is 23.5. The van der Waals surface area contributed by atoms with Gasteiger partial charge in [0.25, 0.3) is 11.8 Å². The van der Waals surface area contributed by atoms with Crippen LogP contribution in [0.1, 0.15) is 54.5 Å². The molecule has 3 aliphatic rings. The predicted molar refractivity (Wildman–Crippen MR) is 120 cm³/mol. The van der Waals surface area contributed by atoms with Gasteiger partial charge in [0.1, 0.15) is 11.7 Å². The number of carbonyl (C=O) groups excluding carboxylic acids is 3. The van der Waals surface area contributed by atoms with E-state index in [1.54, 1.807) is 18.0 Å². The third kappa shape index (κ3) is 3.37. The predicted octanol–water partition coefficient (Wildman–Crippen LogP) is 3.04. The van der Waals surface area contributed by atoms with Gasteiger partial charge in [0.05, 0.1) is 40.7 Å². The van der Waals surface area contributed by atoms with Crippen molar-refractivity contribution in [3.05, 3.63) is 46.8 Å². The van der Waals surface area contributed by atoms with Crippen LogP contribution in [0.4, 0.5) is 23.7 Å². The summed E-state index contributed by atoms with van der Waals surface area (Å²) in [6.45, 7) is 6.14. The molecule has 5 rings (SSSR count). The fourth-order valence-electron chi connectivity index (χ4n) is 5.31. The second kappa shape index (κ2) is 7.56. The Bertz CT molecular complexity index is 1350. The van der Waals surface area contributed by atoms with Crippen molar-refractivity contribution in [1.29, 1.82) is 5.26 Å². The Labute approximate surface area is 204 Å². The number of benzene rings is 1. The van der Waals surface area contributed by atoms with E-state index < -0.39 is 47.4 Å². The first-order valence-electron chi connectivity index (χ1n) is 11.4. The number of fused-ring (bicyclic) bond motifs is 5. The lowest BCUT2D eigenvalue weighted by atomic mass is 9.92. The number of piperazine rings is 1. The third-order valence-electron chi connectivity index (χ3n) is 7.08. The lowest BCUT2D eigenvalue weighted by molar-refractivity contribution is -0.137. The number of hydrogen-bond donors (Lipinski definition) is 0. The molecule has 2 unspecified atom stereocenters. The van der Waals surface area contributed by atoms with Gasteiger partial charge >= 0.3 is 12.2 Å². The Hall–Kier alpha value is -3.88. The highest BCUT2D eigenvalue weighted by molar-refractivity contribution is 6.22. The largest absolute Gasteiger partial charge is 0.417 e. The van der Waals surface area contributed by atoms with Crippen molar-refractivity contribution in [2.45, 2.75) is 56.9 Å². The summed E-state index contributed by atoms with van der Waals surface area (Å²) in [6, 6.07) is 3.21. The van der Waals surface area contributed by atoms with Gasteiger partial charge < -0.3 is 9.80 Å². The number of carbonyl (C=O) groups is 3. The Kier molecular flexibility index (Phi) is 5.01. The van der Waals surface area contributed by atoms with Crippen LogP contribution in [0.2, 0.25) is 0 Å². The fourth-order valence-corrected chi connectivity index (χ4v) is 5.31. The van der Waals surface area contributed by atoms with Crippen molar-refractivity contribution in [3.8, 4) is 6.07 Å². The van der Waals surface area contributed by atoms with Gasteiger partial charge in [-0.15, -0.1) is 0 Å². The molecule has 3 saturated heterocycles. The number of aromatic nitrogens is 2. The van der Waals surface area contributed by atoms with Gasteiger partial charge in [0, 0.05) is 19.0 Å². The Morgan fingerprint density at radius 2 is 1.86 bits per heavy atom. The molecule has 2 bridgehead atoms. The van der Waals surface area contributed by atoms with Crippen LogP contribution in [-0.2, 0) is 23.4 Å². The maximum Gasteiger partial charge on any atom is 0.417 e. The molecule has 0 saturated carbocycles. The van der Waals surface area contributed by atoms with Crippen molar-refractivity contribution in [3.63, 3.8) is 0 Å². The second-order valence-electron chi connectivity index (χ2n) is 10.4. The minimum absolute atomic E-state index is 0.212. The highest BCUT2D eigenvalue weighted by Gasteiger charge is 2.63. The number of nitrogens with zero attached hydrogens (tertiary/aromatic N) is 6. The molecule has 4 heterocycles. The molecule has 188 valence electrons. The molecular weight excluding hydrogens is 477 g/mol. The SMILES string of the molecule is Cn1nc(C(C)(C)C)cc1C(=O)N1CC2CC1[C@@H]1C(=O)N(c3ccc(C#N)c(C(F)(F)F)c3)C(=O)N21. The van der Waals surface area contributed by atoms with E-state index in [9.17, 15) is 27.6 Å². The molecule has 0 N–H and O–H groups in total. The van der Waals surface area contributed by atoms with Gasteiger partial charge in [0.15, 0.2) is 0 Å². The summed E-state index contributed by atoms with van der Waals surface area (Å²) in [7, 11) is 1.66. The summed E-state index contributed by atoms with van der Waals surface area (Å²) in [5.74, 6) is -1.01. The van der Waals surface area contributed by atoms with E-state index in [1.807, 2.05) is 20.8 Å². The molecule has 2 aromatic rings. The van der Waals surface area contributed by atoms with Crippen molar-refractivity contribution in [2.75, 3.05) is 11.4 Å². The number of rotatable bonds is 2. The molecule has 3 fully saturated rings. The van der Waals surface area contributed by atoms with E-state index >= 15 is 0 Å². The zero-order chi connectivity index (χ0) is 26.3. The van der Waals surface area contributed by atoms with Gasteiger partial charge in [-0.2, -0.15) is 23.5 Å². The standard InChI is InChI=1S/C24H23F3N6O3/c1-23(2,3)18-9-17(30(4)29-18)20(34)31-11-14-8-16(31)19-21(35)33(22(36)32(14)19)13-6-5-12(10-28)15(7-13)24(25,26)27/h5-7,9,14,16,19H,8,11H2,1-4H3/t14?,16?,19-/m1/s1. The Balaban J connectivity index is 1.45. The van der Waals surface area contributed by atoms with E-state index in [-0.39, 0.29) is 23.6 Å². The highest BCUT2D eigenvalue weighted by Crippen LogP contribution is 2.44. The van der Waals surface area contributed by atoms with Crippen LogP contribution in [0.15, 0.2) is 24.3 Å². The Morgan fingerprint density at radius 3 is 2.44 bits per heavy atom. The molecule has 0 radical (unpaired) electrons. The van der Waals surface area contributed by atoms with E-state index in [2.05, 4.69) is 5.10 Å². The first kappa shape index (κ1) is 23.8. The number of halogens is 3. The van der Waals surface area contributed by atoms with Crippen LogP contribution < -0.4 is 4.90 Å². The van der Waals surface area contributed by atoms with Crippen LogP contribution >= 0.6 is 0 Å². The maximum absolute atomic E-state index is 13.5. The smallest absolute Gasteiger partial charge is 0.330 e. The highest BCUT2D eigenvalue weighted by atomic mass is 19.4. The van der Waals surface area contributed by atoms with Crippen molar-refractivity contribution in [2.24, 2.45) is 7.05 Å². The van der Waals surface area contributed by atoms with E-state index in [0.29, 0.717) is 18.2 Å². The zero-order valence-electron chi connectivity index (χ0n) is 20.0. The number of amides is 4. The molecule has 9 nitrogen and oxygen atoms in total. The minimum atomic E-state index is -4.83. The lowest BCUT2D eigenvalue weighted by Gasteiger charge is -2.34. The monoisotopic (exact) mass is 500 g/mol. The van der Waals surface area contributed by atoms with Crippen molar-refractivity contribution >= 4 is 23.5 Å². The summed E-state index contributed by atoms with van der Waals surface area (Å²) in [5.41, 5.74) is -1.27. The second-order valence-corrected chi connectivity index (χ2v) is 10.4. The summed E-state index contributed by atoms with van der Waals surface area (Å²) < 4.78 is 41.9. The molecular formula is C24H23F3N6O3. The summed E-state index contributed by atoms with van der Waals surface area (Å²) in [5, 5.41) is 13.5. The first-order chi connectivity index (χ1) is 16.7. The number of anilines is 1. The molecule has 36 heavy (non-hydrogen) atoms. The van der Waals surface area contributed by atoms with Crippen LogP contribution in [0.25, 0.3) is 0 Å². The molecule has 0 spiro atoms. The number of hydrogen-bond acceptors (Lipinski definition) is 5. The molecule has 1 aromatic heterocycles. The quantitative estimate of drug-likeness (QED) is 0.590. The van der Waals surface area contributed by atoms with E-state index in [1.165, 1.54) is 15.7 Å². The Morgan fingerprint density at radius 1 is 1.17 bits per heavy atom. The van der Waals surface area contributed by atoms with Gasteiger partial charge in [-0.25, -0.2) is 9.69 Å². The van der Waals surface area contributed by atoms with E-state index in [4.69, 9.17) is 5.26 Å². The first-order valence-corrected chi connectivity index (χ1v) is 11.4. The van der Waals surface area contributed by atoms with Gasteiger partial charge in [-0.3, -0.25) is 14.3 Å². The zero-order valence-corrected chi connectivity index (χ0v) is 20.0. The van der Waals surface area contributed by atoms with Crippen molar-refractivity contribution < 1.29 is 27.6 Å².